The summed E-state index contributed by atoms with van der Waals surface area (Å²) in [7, 11) is 7.31. The van der Waals surface area contributed by atoms with Crippen LogP contribution in [0.15, 0.2) is 24.3 Å². The van der Waals surface area contributed by atoms with E-state index in [0.29, 0.717) is 13.2 Å². The zero-order chi connectivity index (χ0) is 42.3. The molecule has 340 valence electrons. The van der Waals surface area contributed by atoms with E-state index in [2.05, 4.69) is 38.2 Å². The lowest BCUT2D eigenvalue weighted by Crippen LogP contribution is -2.41. The molecule has 0 aromatic carbocycles. The topological polar surface area (TPSA) is 86.8 Å². The maximum atomic E-state index is 12.8. The van der Waals surface area contributed by atoms with Crippen molar-refractivity contribution in [2.75, 3.05) is 61.1 Å². The molecular weight excluding hydrogens is 729 g/mol. The van der Waals surface area contributed by atoms with Crippen molar-refractivity contribution in [2.24, 2.45) is 0 Å². The lowest BCUT2D eigenvalue weighted by atomic mass is 10.1. The fourth-order valence-corrected chi connectivity index (χ4v) is 7.34. The smallest absolute Gasteiger partial charge is 0.322 e. The first-order chi connectivity index (χ1) is 28.3. The van der Waals surface area contributed by atoms with Gasteiger partial charge in [-0.15, -0.1) is 0 Å². The van der Waals surface area contributed by atoms with Gasteiger partial charge in [0.2, 0.25) is 6.29 Å². The molecule has 0 radical (unpaired) electrons. The van der Waals surface area contributed by atoms with Crippen LogP contribution in [0.4, 0.5) is 0 Å². The van der Waals surface area contributed by atoms with Crippen molar-refractivity contribution in [1.29, 1.82) is 0 Å². The highest BCUT2D eigenvalue weighted by molar-refractivity contribution is 5.72. The normalized spacial score (nSPS) is 18.4. The molecule has 9 nitrogen and oxygen atoms in total. The number of nitrogens with zero attached hydrogens (tertiary/aromatic N) is 2. The maximum Gasteiger partial charge on any atom is 0.322 e. The van der Waals surface area contributed by atoms with Crippen LogP contribution in [0.25, 0.3) is 0 Å². The molecule has 0 saturated carbocycles. The van der Waals surface area contributed by atoms with Gasteiger partial charge in [-0.25, -0.2) is 0 Å². The fraction of sp³-hybridized carbons (Fsp3) is 0.878. The van der Waals surface area contributed by atoms with Gasteiger partial charge >= 0.3 is 11.9 Å². The van der Waals surface area contributed by atoms with Crippen LogP contribution in [-0.2, 0) is 33.3 Å². The number of carbonyl (C=O) groups is 2. The van der Waals surface area contributed by atoms with Gasteiger partial charge in [-0.1, -0.05) is 154 Å². The number of esters is 2. The lowest BCUT2D eigenvalue weighted by molar-refractivity contribution is -0.197. The van der Waals surface area contributed by atoms with E-state index in [0.717, 1.165) is 25.7 Å². The summed E-state index contributed by atoms with van der Waals surface area (Å²) in [5.41, 5.74) is 0. The van der Waals surface area contributed by atoms with Gasteiger partial charge in [0.1, 0.15) is 24.9 Å². The average Bonchev–Trinajstić information content (AvgIpc) is 3.50. The minimum absolute atomic E-state index is 0.0145. The second-order valence-corrected chi connectivity index (χ2v) is 17.2. The Morgan fingerprint density at radius 1 is 0.483 bits per heavy atom. The van der Waals surface area contributed by atoms with Gasteiger partial charge in [0.15, 0.2) is 0 Å². The number of hydrogen-bond acceptors (Lipinski definition) is 9. The SMILES string of the molecule is CCCCCCCC/C=C\CCCCCCCCOC1[C@@H](COC(=O)CN(C)C)O[C@@H](OC(=O)CN(C)C)[C@H]1OCCCCCCCC/C=C\CCCCCCCC. The van der Waals surface area contributed by atoms with Gasteiger partial charge in [0.05, 0.1) is 13.1 Å². The van der Waals surface area contributed by atoms with Crippen LogP contribution >= 0.6 is 0 Å². The molecule has 0 N–H and O–H groups in total. The first-order valence-corrected chi connectivity index (χ1v) is 24.1. The predicted molar refractivity (Wildman–Crippen MR) is 241 cm³/mol. The molecule has 0 bridgehead atoms. The maximum absolute atomic E-state index is 12.8. The second-order valence-electron chi connectivity index (χ2n) is 17.2. The summed E-state index contributed by atoms with van der Waals surface area (Å²) in [4.78, 5) is 28.8. The number of allylic oxidation sites excluding steroid dienone is 4. The van der Waals surface area contributed by atoms with Crippen molar-refractivity contribution in [3.63, 3.8) is 0 Å². The minimum Gasteiger partial charge on any atom is -0.462 e. The molecule has 0 aromatic rings. The van der Waals surface area contributed by atoms with Crippen LogP contribution in [0.3, 0.4) is 0 Å². The van der Waals surface area contributed by atoms with E-state index in [9.17, 15) is 9.59 Å². The Bertz CT molecular complexity index is 1000. The minimum atomic E-state index is -0.927. The van der Waals surface area contributed by atoms with E-state index in [1.54, 1.807) is 9.80 Å². The van der Waals surface area contributed by atoms with Crippen molar-refractivity contribution in [2.45, 2.75) is 218 Å². The highest BCUT2D eigenvalue weighted by atomic mass is 16.7. The summed E-state index contributed by atoms with van der Waals surface area (Å²) in [6.45, 7) is 5.93. The number of hydrogen-bond donors (Lipinski definition) is 0. The van der Waals surface area contributed by atoms with E-state index in [4.69, 9.17) is 23.7 Å². The van der Waals surface area contributed by atoms with Crippen molar-refractivity contribution in [1.82, 2.24) is 9.80 Å². The van der Waals surface area contributed by atoms with Crippen molar-refractivity contribution in [3.8, 4) is 0 Å². The van der Waals surface area contributed by atoms with Gasteiger partial charge in [-0.2, -0.15) is 0 Å². The molecule has 1 rings (SSSR count). The fourth-order valence-electron chi connectivity index (χ4n) is 7.34. The van der Waals surface area contributed by atoms with Gasteiger partial charge in [0.25, 0.3) is 0 Å². The molecular formula is C49H92N2O7. The van der Waals surface area contributed by atoms with E-state index < -0.39 is 30.6 Å². The van der Waals surface area contributed by atoms with Gasteiger partial charge in [-0.05, 0) is 92.4 Å². The van der Waals surface area contributed by atoms with Crippen LogP contribution in [0.2, 0.25) is 0 Å². The highest BCUT2D eigenvalue weighted by Crippen LogP contribution is 2.29. The quantitative estimate of drug-likeness (QED) is 0.0340. The summed E-state index contributed by atoms with van der Waals surface area (Å²) in [5.74, 6) is -0.728. The molecule has 1 heterocycles. The first kappa shape index (κ1) is 54.2. The van der Waals surface area contributed by atoms with Crippen molar-refractivity contribution in [3.05, 3.63) is 24.3 Å². The Morgan fingerprint density at radius 2 is 0.845 bits per heavy atom. The molecule has 9 heteroatoms. The molecule has 0 spiro atoms. The predicted octanol–water partition coefficient (Wildman–Crippen LogP) is 11.8. The number of rotatable bonds is 41. The van der Waals surface area contributed by atoms with E-state index in [1.807, 2.05) is 28.2 Å². The average molecular weight is 821 g/mol. The molecule has 0 aromatic heterocycles. The Morgan fingerprint density at radius 3 is 1.26 bits per heavy atom. The zero-order valence-corrected chi connectivity index (χ0v) is 38.7. The molecule has 4 atom stereocenters. The third kappa shape index (κ3) is 32.1. The van der Waals surface area contributed by atoms with E-state index in [1.165, 1.54) is 154 Å². The van der Waals surface area contributed by atoms with Gasteiger partial charge in [0, 0.05) is 13.2 Å². The monoisotopic (exact) mass is 821 g/mol. The van der Waals surface area contributed by atoms with Gasteiger partial charge in [-0.3, -0.25) is 19.4 Å². The number of unbranched alkanes of at least 4 members (excludes halogenated alkanes) is 24. The Hall–Kier alpha value is -1.78. The molecule has 1 aliphatic rings. The number of likely N-dealkylation sites (N-methyl/N-ethyl adjacent to an activating group) is 2. The molecule has 1 unspecified atom stereocenters. The largest absolute Gasteiger partial charge is 0.462 e. The first-order valence-electron chi connectivity index (χ1n) is 24.1. The van der Waals surface area contributed by atoms with Crippen LogP contribution < -0.4 is 0 Å². The third-order valence-corrected chi connectivity index (χ3v) is 10.7. The van der Waals surface area contributed by atoms with E-state index >= 15 is 0 Å². The van der Waals surface area contributed by atoms with Crippen LogP contribution in [-0.4, -0.2) is 107 Å². The molecule has 0 aliphatic carbocycles. The summed E-state index contributed by atoms with van der Waals surface area (Å²) in [5, 5.41) is 0. The summed E-state index contributed by atoms with van der Waals surface area (Å²) in [6.07, 6.45) is 41.8. The van der Waals surface area contributed by atoms with Crippen LogP contribution in [0.5, 0.6) is 0 Å². The van der Waals surface area contributed by atoms with Gasteiger partial charge < -0.3 is 23.7 Å². The molecule has 1 saturated heterocycles. The lowest BCUT2D eigenvalue weighted by Gasteiger charge is -2.25. The Kier molecular flexibility index (Phi) is 36.8. The summed E-state index contributed by atoms with van der Waals surface area (Å²) >= 11 is 0. The van der Waals surface area contributed by atoms with E-state index in [-0.39, 0.29) is 25.7 Å². The van der Waals surface area contributed by atoms with Crippen LogP contribution in [0.1, 0.15) is 194 Å². The number of carbonyl (C=O) groups excluding carboxylic acids is 2. The summed E-state index contributed by atoms with van der Waals surface area (Å²) in [6, 6.07) is 0. The number of ether oxygens (including phenoxy) is 5. The molecule has 1 aliphatic heterocycles. The summed E-state index contributed by atoms with van der Waals surface area (Å²) < 4.78 is 30.6. The van der Waals surface area contributed by atoms with Crippen molar-refractivity contribution < 1.29 is 33.3 Å². The third-order valence-electron chi connectivity index (χ3n) is 10.7. The highest BCUT2D eigenvalue weighted by Gasteiger charge is 2.49. The second kappa shape index (κ2) is 39.4. The van der Waals surface area contributed by atoms with Crippen molar-refractivity contribution >= 4 is 11.9 Å². The van der Waals surface area contributed by atoms with Crippen LogP contribution in [0, 0.1) is 0 Å². The Labute approximate surface area is 357 Å². The zero-order valence-electron chi connectivity index (χ0n) is 38.7. The molecule has 0 amide bonds. The Balaban J connectivity index is 2.53. The standard InChI is InChI=1S/C49H92N2O7/c1-7-9-11-13-15-17-19-21-23-25-27-29-31-33-35-37-39-54-47-44(43-56-45(52)41-50(3)4)57-49(58-46(53)42-51(5)6)48(47)55-40-38-36-34-32-30-28-26-24-22-20-18-16-14-12-10-8-2/h21-24,44,47-49H,7-20,25-43H2,1-6H3/b23-21-,24-22-/t44-,47?,48+,49+/m1/s1. The molecule has 1 fully saturated rings. The molecule has 58 heavy (non-hydrogen) atoms.